The summed E-state index contributed by atoms with van der Waals surface area (Å²) in [6.45, 7) is 7.24. The van der Waals surface area contributed by atoms with Gasteiger partial charge in [-0.05, 0) is 42.8 Å². The lowest BCUT2D eigenvalue weighted by atomic mass is 10.2. The number of likely N-dealkylation sites (N-methyl/N-ethyl adjacent to an activating group) is 1. The molecule has 2 aromatic carbocycles. The molecule has 0 unspecified atom stereocenters. The average Bonchev–Trinajstić information content (AvgIpc) is 2.67. The Balaban J connectivity index is 1.63. The highest BCUT2D eigenvalue weighted by molar-refractivity contribution is 5.85. The molecule has 0 saturated carbocycles. The minimum atomic E-state index is 0.180. The molecule has 0 spiro atoms. The Labute approximate surface area is 155 Å². The Kier molecular flexibility index (Phi) is 6.12. The number of aliphatic imine (C=N–C) groups is 1. The van der Waals surface area contributed by atoms with Gasteiger partial charge in [0.2, 0.25) is 0 Å². The molecule has 1 aliphatic rings. The van der Waals surface area contributed by atoms with E-state index in [9.17, 15) is 5.11 Å². The molecule has 2 aromatic rings. The summed E-state index contributed by atoms with van der Waals surface area (Å²) in [5, 5.41) is 10.1. The third-order valence-corrected chi connectivity index (χ3v) is 4.66. The van der Waals surface area contributed by atoms with Gasteiger partial charge in [0.05, 0.1) is 45.5 Å². The topological polar surface area (TPSA) is 49.5 Å². The van der Waals surface area contributed by atoms with E-state index in [-0.39, 0.29) is 5.75 Å². The Morgan fingerprint density at radius 2 is 1.88 bits per heavy atom. The first-order chi connectivity index (χ1) is 12.7. The largest absolute Gasteiger partial charge is 0.507 e. The van der Waals surface area contributed by atoms with Crippen LogP contribution in [0, 0.1) is 0 Å². The van der Waals surface area contributed by atoms with E-state index in [0.717, 1.165) is 25.2 Å². The van der Waals surface area contributed by atoms with Gasteiger partial charge in [-0.2, -0.15) is 0 Å². The molecular formula is C21H28N3O2+. The molecule has 5 nitrogen and oxygen atoms in total. The van der Waals surface area contributed by atoms with Crippen LogP contribution in [0.15, 0.2) is 47.5 Å². The summed E-state index contributed by atoms with van der Waals surface area (Å²) in [5.74, 6) is 0.860. The number of ether oxygens (including phenoxy) is 1. The molecule has 26 heavy (non-hydrogen) atoms. The first kappa shape index (κ1) is 18.3. The zero-order chi connectivity index (χ0) is 18.4. The van der Waals surface area contributed by atoms with Crippen LogP contribution in [0.4, 0.5) is 11.4 Å². The number of hydrogen-bond acceptors (Lipinski definition) is 4. The number of nitrogens with one attached hydrogen (secondary N) is 1. The van der Waals surface area contributed by atoms with Gasteiger partial charge in [0, 0.05) is 23.5 Å². The number of phenolic OH excluding ortho intramolecular Hbond substituents is 1. The monoisotopic (exact) mass is 354 g/mol. The van der Waals surface area contributed by atoms with E-state index in [0.29, 0.717) is 17.9 Å². The zero-order valence-corrected chi connectivity index (χ0v) is 15.6. The SMILES string of the molecule is CCCOc1ccc(C=Nc2ccc(N3CC[NH+](C)CC3)cc2)c(O)c1. The predicted molar refractivity (Wildman–Crippen MR) is 106 cm³/mol. The quantitative estimate of drug-likeness (QED) is 0.783. The second-order valence-electron chi connectivity index (χ2n) is 6.79. The minimum absolute atomic E-state index is 0.180. The van der Waals surface area contributed by atoms with E-state index >= 15 is 0 Å². The molecular weight excluding hydrogens is 326 g/mol. The summed E-state index contributed by atoms with van der Waals surface area (Å²) in [4.78, 5) is 8.49. The second kappa shape index (κ2) is 8.72. The van der Waals surface area contributed by atoms with Crippen molar-refractivity contribution in [3.63, 3.8) is 0 Å². The first-order valence-corrected chi connectivity index (χ1v) is 9.32. The molecule has 0 bridgehead atoms. The van der Waals surface area contributed by atoms with Crippen molar-refractivity contribution < 1.29 is 14.7 Å². The van der Waals surface area contributed by atoms with E-state index in [2.05, 4.69) is 36.0 Å². The van der Waals surface area contributed by atoms with Crippen LogP contribution in [0.2, 0.25) is 0 Å². The number of phenols is 1. The van der Waals surface area contributed by atoms with Crippen LogP contribution in [0.1, 0.15) is 18.9 Å². The van der Waals surface area contributed by atoms with Crippen LogP contribution in [0.3, 0.4) is 0 Å². The van der Waals surface area contributed by atoms with E-state index < -0.39 is 0 Å². The van der Waals surface area contributed by atoms with E-state index in [1.165, 1.54) is 18.8 Å². The van der Waals surface area contributed by atoms with Gasteiger partial charge in [-0.3, -0.25) is 4.99 Å². The van der Waals surface area contributed by atoms with Crippen LogP contribution in [0.5, 0.6) is 11.5 Å². The van der Waals surface area contributed by atoms with Gasteiger partial charge in [0.1, 0.15) is 11.5 Å². The van der Waals surface area contributed by atoms with Crippen LogP contribution in [0.25, 0.3) is 0 Å². The maximum Gasteiger partial charge on any atom is 0.128 e. The van der Waals surface area contributed by atoms with Gasteiger partial charge in [0.15, 0.2) is 0 Å². The lowest BCUT2D eigenvalue weighted by molar-refractivity contribution is -0.880. The maximum absolute atomic E-state index is 10.1. The molecule has 0 aliphatic carbocycles. The van der Waals surface area contributed by atoms with E-state index in [4.69, 9.17) is 4.74 Å². The zero-order valence-electron chi connectivity index (χ0n) is 15.6. The molecule has 0 radical (unpaired) electrons. The molecule has 1 heterocycles. The van der Waals surface area contributed by atoms with Crippen molar-refractivity contribution in [1.82, 2.24) is 0 Å². The molecule has 0 aromatic heterocycles. The molecule has 3 rings (SSSR count). The van der Waals surface area contributed by atoms with Crippen molar-refractivity contribution >= 4 is 17.6 Å². The van der Waals surface area contributed by atoms with Gasteiger partial charge in [-0.15, -0.1) is 0 Å². The van der Waals surface area contributed by atoms with Gasteiger partial charge in [0.25, 0.3) is 0 Å². The van der Waals surface area contributed by atoms with Crippen molar-refractivity contribution in [3.05, 3.63) is 48.0 Å². The van der Waals surface area contributed by atoms with Crippen molar-refractivity contribution in [3.8, 4) is 11.5 Å². The lowest BCUT2D eigenvalue weighted by Gasteiger charge is -2.31. The summed E-state index contributed by atoms with van der Waals surface area (Å²) in [6, 6.07) is 13.6. The Hall–Kier alpha value is -2.53. The number of piperazine rings is 1. The molecule has 0 atom stereocenters. The van der Waals surface area contributed by atoms with Crippen molar-refractivity contribution in [2.75, 3.05) is 44.7 Å². The summed E-state index contributed by atoms with van der Waals surface area (Å²) in [6.07, 6.45) is 2.63. The summed E-state index contributed by atoms with van der Waals surface area (Å²) in [5.41, 5.74) is 2.80. The maximum atomic E-state index is 10.1. The smallest absolute Gasteiger partial charge is 0.128 e. The molecule has 0 amide bonds. The third kappa shape index (κ3) is 4.76. The Bertz CT molecular complexity index is 735. The molecule has 1 fully saturated rings. The molecule has 138 valence electrons. The van der Waals surface area contributed by atoms with Crippen molar-refractivity contribution in [2.24, 2.45) is 4.99 Å². The fourth-order valence-corrected chi connectivity index (χ4v) is 2.98. The first-order valence-electron chi connectivity index (χ1n) is 9.32. The minimum Gasteiger partial charge on any atom is -0.507 e. The average molecular weight is 354 g/mol. The fourth-order valence-electron chi connectivity index (χ4n) is 2.98. The predicted octanol–water partition coefficient (Wildman–Crippen LogP) is 2.27. The Morgan fingerprint density at radius 3 is 2.54 bits per heavy atom. The standard InChI is InChI=1S/C21H27N3O2/c1-3-14-26-20-9-4-17(21(25)15-20)16-22-18-5-7-19(8-6-18)24-12-10-23(2)11-13-24/h4-9,15-16,25H,3,10-14H2,1-2H3/p+1. The molecule has 1 saturated heterocycles. The number of quaternary nitrogens is 1. The third-order valence-electron chi connectivity index (χ3n) is 4.66. The fraction of sp³-hybridized carbons (Fsp3) is 0.381. The molecule has 5 heteroatoms. The van der Waals surface area contributed by atoms with Gasteiger partial charge < -0.3 is 19.6 Å². The molecule has 1 aliphatic heterocycles. The van der Waals surface area contributed by atoms with Crippen LogP contribution in [-0.2, 0) is 0 Å². The van der Waals surface area contributed by atoms with Crippen molar-refractivity contribution in [2.45, 2.75) is 13.3 Å². The van der Waals surface area contributed by atoms with Gasteiger partial charge in [-0.1, -0.05) is 6.92 Å². The number of benzene rings is 2. The number of hydrogen-bond donors (Lipinski definition) is 2. The van der Waals surface area contributed by atoms with Gasteiger partial charge >= 0.3 is 0 Å². The van der Waals surface area contributed by atoms with Crippen LogP contribution < -0.4 is 14.5 Å². The summed E-state index contributed by atoms with van der Waals surface area (Å²) < 4.78 is 5.52. The number of anilines is 1. The van der Waals surface area contributed by atoms with Crippen LogP contribution >= 0.6 is 0 Å². The highest BCUT2D eigenvalue weighted by atomic mass is 16.5. The number of aromatic hydroxyl groups is 1. The molecule has 2 N–H and O–H groups in total. The highest BCUT2D eigenvalue weighted by Gasteiger charge is 2.16. The Morgan fingerprint density at radius 1 is 1.15 bits per heavy atom. The van der Waals surface area contributed by atoms with Gasteiger partial charge in [-0.25, -0.2) is 0 Å². The number of rotatable bonds is 6. The van der Waals surface area contributed by atoms with E-state index in [1.54, 1.807) is 17.2 Å². The van der Waals surface area contributed by atoms with Crippen LogP contribution in [-0.4, -0.2) is 51.2 Å². The normalized spacial score (nSPS) is 15.5. The summed E-state index contributed by atoms with van der Waals surface area (Å²) >= 11 is 0. The number of nitrogens with zero attached hydrogens (tertiary/aromatic N) is 2. The van der Waals surface area contributed by atoms with E-state index in [1.807, 2.05) is 24.3 Å². The second-order valence-corrected chi connectivity index (χ2v) is 6.79. The van der Waals surface area contributed by atoms with Crippen molar-refractivity contribution in [1.29, 1.82) is 0 Å². The summed E-state index contributed by atoms with van der Waals surface area (Å²) in [7, 11) is 2.24. The lowest BCUT2D eigenvalue weighted by Crippen LogP contribution is -3.12. The highest BCUT2D eigenvalue weighted by Crippen LogP contribution is 2.24.